The van der Waals surface area contributed by atoms with Crippen LogP contribution in [0.15, 0.2) is 59.5 Å². The number of aryl methyl sites for hydroxylation is 1. The number of carbonyl (C=O) groups is 2. The molecule has 0 fully saturated rings. The Morgan fingerprint density at radius 2 is 1.68 bits per heavy atom. The molecule has 8 nitrogen and oxygen atoms in total. The quantitative estimate of drug-likeness (QED) is 0.414. The topological polar surface area (TPSA) is 108 Å². The smallest absolute Gasteiger partial charge is 0.407 e. The molecular formula is C22H27NO7S. The maximum atomic E-state index is 12.4. The van der Waals surface area contributed by atoms with Crippen molar-refractivity contribution in [1.82, 2.24) is 5.32 Å². The highest BCUT2D eigenvalue weighted by Gasteiger charge is 2.21. The van der Waals surface area contributed by atoms with Gasteiger partial charge in [-0.15, -0.1) is 0 Å². The molecule has 0 unspecified atom stereocenters. The zero-order valence-corrected chi connectivity index (χ0v) is 18.4. The van der Waals surface area contributed by atoms with Gasteiger partial charge in [0.2, 0.25) is 0 Å². The Bertz CT molecular complexity index is 944. The van der Waals surface area contributed by atoms with E-state index in [2.05, 4.69) is 5.32 Å². The second kappa shape index (κ2) is 12.1. The van der Waals surface area contributed by atoms with Crippen molar-refractivity contribution in [3.05, 3.63) is 65.7 Å². The fraction of sp³-hybridized carbons (Fsp3) is 0.364. The number of benzene rings is 2. The largest absolute Gasteiger partial charge is 0.466 e. The summed E-state index contributed by atoms with van der Waals surface area (Å²) in [6.45, 7) is 3.46. The van der Waals surface area contributed by atoms with Gasteiger partial charge in [0, 0.05) is 6.42 Å². The second-order valence-corrected chi connectivity index (χ2v) is 8.41. The molecule has 0 saturated carbocycles. The van der Waals surface area contributed by atoms with E-state index in [0.29, 0.717) is 0 Å². The van der Waals surface area contributed by atoms with Crippen molar-refractivity contribution in [2.24, 2.45) is 0 Å². The number of amides is 1. The van der Waals surface area contributed by atoms with Gasteiger partial charge in [-0.3, -0.25) is 8.98 Å². The lowest BCUT2D eigenvalue weighted by atomic mass is 10.2. The number of esters is 1. The van der Waals surface area contributed by atoms with Gasteiger partial charge in [-0.25, -0.2) is 4.79 Å². The van der Waals surface area contributed by atoms with Crippen molar-refractivity contribution < 1.29 is 31.7 Å². The molecule has 2 aromatic carbocycles. The number of hydrogen-bond donors (Lipinski definition) is 1. The Morgan fingerprint density at radius 1 is 1.00 bits per heavy atom. The first kappa shape index (κ1) is 24.4. The lowest BCUT2D eigenvalue weighted by Gasteiger charge is -2.18. The molecule has 31 heavy (non-hydrogen) atoms. The van der Waals surface area contributed by atoms with Crippen LogP contribution in [0, 0.1) is 6.92 Å². The molecule has 2 aromatic rings. The molecule has 0 bridgehead atoms. The molecule has 0 aliphatic rings. The van der Waals surface area contributed by atoms with Crippen molar-refractivity contribution in [3.63, 3.8) is 0 Å². The summed E-state index contributed by atoms with van der Waals surface area (Å²) >= 11 is 0. The van der Waals surface area contributed by atoms with Crippen LogP contribution in [-0.4, -0.2) is 39.7 Å². The Hall–Kier alpha value is -2.91. The number of alkyl carbamates (subject to hydrolysis) is 1. The van der Waals surface area contributed by atoms with E-state index in [1.165, 1.54) is 12.1 Å². The van der Waals surface area contributed by atoms with Crippen LogP contribution in [0.2, 0.25) is 0 Å². The van der Waals surface area contributed by atoms with Crippen molar-refractivity contribution in [2.45, 2.75) is 44.2 Å². The van der Waals surface area contributed by atoms with Crippen LogP contribution in [0.25, 0.3) is 0 Å². The van der Waals surface area contributed by atoms with Crippen LogP contribution in [0.3, 0.4) is 0 Å². The van der Waals surface area contributed by atoms with E-state index in [9.17, 15) is 18.0 Å². The summed E-state index contributed by atoms with van der Waals surface area (Å²) in [7, 11) is -4.02. The lowest BCUT2D eigenvalue weighted by Crippen LogP contribution is -2.39. The molecule has 1 N–H and O–H groups in total. The Morgan fingerprint density at radius 3 is 2.32 bits per heavy atom. The second-order valence-electron chi connectivity index (χ2n) is 6.80. The number of nitrogens with one attached hydrogen (secondary N) is 1. The van der Waals surface area contributed by atoms with E-state index in [4.69, 9.17) is 13.7 Å². The maximum Gasteiger partial charge on any atom is 0.407 e. The average molecular weight is 450 g/mol. The molecule has 0 radical (unpaired) electrons. The van der Waals surface area contributed by atoms with E-state index >= 15 is 0 Å². The van der Waals surface area contributed by atoms with Gasteiger partial charge in [0.25, 0.3) is 10.1 Å². The van der Waals surface area contributed by atoms with Crippen LogP contribution in [0.5, 0.6) is 0 Å². The third kappa shape index (κ3) is 8.77. The van der Waals surface area contributed by atoms with Gasteiger partial charge in [0.1, 0.15) is 6.61 Å². The molecule has 1 amide bonds. The van der Waals surface area contributed by atoms with E-state index < -0.39 is 28.2 Å². The fourth-order valence-corrected chi connectivity index (χ4v) is 3.55. The molecule has 0 aliphatic carbocycles. The molecule has 9 heteroatoms. The Labute approximate surface area is 182 Å². The summed E-state index contributed by atoms with van der Waals surface area (Å²) in [4.78, 5) is 23.9. The highest BCUT2D eigenvalue weighted by Crippen LogP contribution is 2.14. The van der Waals surface area contributed by atoms with Gasteiger partial charge < -0.3 is 14.8 Å². The number of carbonyl (C=O) groups excluding carboxylic acids is 2. The van der Waals surface area contributed by atoms with Crippen LogP contribution in [-0.2, 0) is 35.2 Å². The zero-order valence-electron chi connectivity index (χ0n) is 17.6. The van der Waals surface area contributed by atoms with E-state index in [0.717, 1.165) is 11.1 Å². The predicted molar refractivity (Wildman–Crippen MR) is 114 cm³/mol. The standard InChI is InChI=1S/C22H27NO7S/c1-3-28-21(24)14-11-19(23-22(25)29-15-18-7-5-4-6-8-18)16-30-31(26,27)20-12-9-17(2)10-13-20/h4-10,12-13,19H,3,11,14-16H2,1-2H3,(H,23,25)/t19-/m0/s1. The van der Waals surface area contributed by atoms with Crippen molar-refractivity contribution in [2.75, 3.05) is 13.2 Å². The summed E-state index contributed by atoms with van der Waals surface area (Å²) < 4.78 is 40.0. The van der Waals surface area contributed by atoms with Gasteiger partial charge in [0.05, 0.1) is 24.2 Å². The van der Waals surface area contributed by atoms with Crippen molar-refractivity contribution >= 4 is 22.2 Å². The van der Waals surface area contributed by atoms with E-state index in [1.54, 1.807) is 19.1 Å². The third-order valence-corrected chi connectivity index (χ3v) is 5.57. The van der Waals surface area contributed by atoms with Crippen LogP contribution in [0.4, 0.5) is 4.79 Å². The normalized spacial score (nSPS) is 12.1. The lowest BCUT2D eigenvalue weighted by molar-refractivity contribution is -0.143. The Kier molecular flexibility index (Phi) is 9.48. The minimum Gasteiger partial charge on any atom is -0.466 e. The molecule has 0 aromatic heterocycles. The molecule has 1 atom stereocenters. The SMILES string of the molecule is CCOC(=O)CC[C@@H](COS(=O)(=O)c1ccc(C)cc1)NC(=O)OCc1ccccc1. The molecule has 0 aliphatic heterocycles. The van der Waals surface area contributed by atoms with Crippen LogP contribution < -0.4 is 5.32 Å². The highest BCUT2D eigenvalue weighted by molar-refractivity contribution is 7.86. The molecular weight excluding hydrogens is 422 g/mol. The first-order valence-electron chi connectivity index (χ1n) is 9.89. The molecule has 0 saturated heterocycles. The highest BCUT2D eigenvalue weighted by atomic mass is 32.2. The molecule has 0 spiro atoms. The Balaban J connectivity index is 1.97. The van der Waals surface area contributed by atoms with Gasteiger partial charge in [-0.1, -0.05) is 48.0 Å². The summed E-state index contributed by atoms with van der Waals surface area (Å²) in [5, 5.41) is 2.56. The van der Waals surface area contributed by atoms with Crippen LogP contribution >= 0.6 is 0 Å². The number of hydrogen-bond acceptors (Lipinski definition) is 7. The van der Waals surface area contributed by atoms with Crippen molar-refractivity contribution in [1.29, 1.82) is 0 Å². The molecule has 2 rings (SSSR count). The van der Waals surface area contributed by atoms with Gasteiger partial charge in [-0.05, 0) is 38.0 Å². The predicted octanol–water partition coefficient (Wildman–Crippen LogP) is 3.34. The molecule has 168 valence electrons. The maximum absolute atomic E-state index is 12.4. The third-order valence-electron chi connectivity index (χ3n) is 4.27. The average Bonchev–Trinajstić information content (AvgIpc) is 2.75. The molecule has 0 heterocycles. The van der Waals surface area contributed by atoms with Gasteiger partial charge in [0.15, 0.2) is 0 Å². The summed E-state index contributed by atoms with van der Waals surface area (Å²) in [5.41, 5.74) is 1.72. The number of ether oxygens (including phenoxy) is 2. The first-order valence-corrected chi connectivity index (χ1v) is 11.3. The van der Waals surface area contributed by atoms with E-state index in [1.807, 2.05) is 37.3 Å². The number of rotatable bonds is 11. The summed E-state index contributed by atoms with van der Waals surface area (Å²) in [5.74, 6) is -0.451. The zero-order chi connectivity index (χ0) is 22.7. The van der Waals surface area contributed by atoms with E-state index in [-0.39, 0.29) is 37.6 Å². The first-order chi connectivity index (χ1) is 14.8. The van der Waals surface area contributed by atoms with Gasteiger partial charge in [-0.2, -0.15) is 8.42 Å². The monoisotopic (exact) mass is 449 g/mol. The van der Waals surface area contributed by atoms with Crippen molar-refractivity contribution in [3.8, 4) is 0 Å². The van der Waals surface area contributed by atoms with Crippen LogP contribution in [0.1, 0.15) is 30.9 Å². The summed E-state index contributed by atoms with van der Waals surface area (Å²) in [6.07, 6.45) is -0.622. The minimum absolute atomic E-state index is 0.00824. The minimum atomic E-state index is -4.02. The fourth-order valence-electron chi connectivity index (χ4n) is 2.60. The van der Waals surface area contributed by atoms with Gasteiger partial charge >= 0.3 is 12.1 Å². The summed E-state index contributed by atoms with van der Waals surface area (Å²) in [6, 6.07) is 14.5.